The van der Waals surface area contributed by atoms with Gasteiger partial charge in [0.15, 0.2) is 0 Å². The highest BCUT2D eigenvalue weighted by atomic mass is 16.5. The molecule has 0 aliphatic rings. The van der Waals surface area contributed by atoms with Crippen LogP contribution in [0.2, 0.25) is 0 Å². The van der Waals surface area contributed by atoms with Crippen molar-refractivity contribution in [2.45, 2.75) is 26.5 Å². The SMILES string of the molecule is COCCn1c(N)nc2c(OC(C)C)cccc21. The lowest BCUT2D eigenvalue weighted by molar-refractivity contribution is 0.189. The Morgan fingerprint density at radius 1 is 1.39 bits per heavy atom. The second-order valence-electron chi connectivity index (χ2n) is 4.40. The third kappa shape index (κ3) is 2.41. The van der Waals surface area contributed by atoms with E-state index in [-0.39, 0.29) is 6.10 Å². The van der Waals surface area contributed by atoms with Gasteiger partial charge in [0.05, 0.1) is 18.2 Å². The maximum Gasteiger partial charge on any atom is 0.201 e. The van der Waals surface area contributed by atoms with Crippen molar-refractivity contribution in [3.63, 3.8) is 0 Å². The summed E-state index contributed by atoms with van der Waals surface area (Å²) in [7, 11) is 1.67. The molecule has 0 spiro atoms. The highest BCUT2D eigenvalue weighted by Gasteiger charge is 2.12. The number of aromatic nitrogens is 2. The summed E-state index contributed by atoms with van der Waals surface area (Å²) in [5.74, 6) is 1.26. The van der Waals surface area contributed by atoms with Crippen LogP contribution in [0.3, 0.4) is 0 Å². The molecule has 98 valence electrons. The summed E-state index contributed by atoms with van der Waals surface area (Å²) < 4.78 is 12.8. The zero-order valence-electron chi connectivity index (χ0n) is 11.0. The van der Waals surface area contributed by atoms with Crippen LogP contribution < -0.4 is 10.5 Å². The average Bonchev–Trinajstić information content (AvgIpc) is 2.63. The molecule has 0 bridgehead atoms. The normalized spacial score (nSPS) is 11.3. The largest absolute Gasteiger partial charge is 0.489 e. The molecule has 1 aromatic heterocycles. The fourth-order valence-corrected chi connectivity index (χ4v) is 1.91. The van der Waals surface area contributed by atoms with Gasteiger partial charge in [-0.05, 0) is 26.0 Å². The molecule has 0 fully saturated rings. The number of anilines is 1. The number of fused-ring (bicyclic) bond motifs is 1. The molecule has 0 saturated carbocycles. The predicted octanol–water partition coefficient (Wildman–Crippen LogP) is 2.05. The van der Waals surface area contributed by atoms with E-state index in [0.717, 1.165) is 16.8 Å². The Bertz CT molecular complexity index is 534. The van der Waals surface area contributed by atoms with E-state index in [4.69, 9.17) is 15.2 Å². The summed E-state index contributed by atoms with van der Waals surface area (Å²) in [4.78, 5) is 4.38. The number of imidazole rings is 1. The molecular weight excluding hydrogens is 230 g/mol. The third-order valence-corrected chi connectivity index (χ3v) is 2.65. The summed E-state index contributed by atoms with van der Waals surface area (Å²) in [5.41, 5.74) is 7.71. The molecule has 2 N–H and O–H groups in total. The van der Waals surface area contributed by atoms with Gasteiger partial charge in [-0.15, -0.1) is 0 Å². The number of hydrogen-bond donors (Lipinski definition) is 1. The van der Waals surface area contributed by atoms with Crippen LogP contribution in [0.1, 0.15) is 13.8 Å². The van der Waals surface area contributed by atoms with E-state index in [0.29, 0.717) is 19.1 Å². The third-order valence-electron chi connectivity index (χ3n) is 2.65. The van der Waals surface area contributed by atoms with E-state index < -0.39 is 0 Å². The van der Waals surface area contributed by atoms with Crippen LogP contribution in [0, 0.1) is 0 Å². The van der Waals surface area contributed by atoms with Crippen molar-refractivity contribution < 1.29 is 9.47 Å². The van der Waals surface area contributed by atoms with Crippen molar-refractivity contribution >= 4 is 17.0 Å². The monoisotopic (exact) mass is 249 g/mol. The average molecular weight is 249 g/mol. The fraction of sp³-hybridized carbons (Fsp3) is 0.462. The summed E-state index contributed by atoms with van der Waals surface area (Å²) in [6.07, 6.45) is 0.112. The van der Waals surface area contributed by atoms with E-state index in [2.05, 4.69) is 4.98 Å². The smallest absolute Gasteiger partial charge is 0.201 e. The minimum Gasteiger partial charge on any atom is -0.489 e. The number of para-hydroxylation sites is 1. The molecular formula is C13H19N3O2. The van der Waals surface area contributed by atoms with Gasteiger partial charge in [-0.2, -0.15) is 0 Å². The number of nitrogen functional groups attached to an aromatic ring is 1. The van der Waals surface area contributed by atoms with Gasteiger partial charge in [0.1, 0.15) is 11.3 Å². The number of methoxy groups -OCH3 is 1. The molecule has 5 nitrogen and oxygen atoms in total. The first kappa shape index (κ1) is 12.7. The first-order valence-electron chi connectivity index (χ1n) is 6.03. The van der Waals surface area contributed by atoms with Crippen LogP contribution >= 0.6 is 0 Å². The Morgan fingerprint density at radius 2 is 2.17 bits per heavy atom. The molecule has 0 saturated heterocycles. The predicted molar refractivity (Wildman–Crippen MR) is 71.8 cm³/mol. The Balaban J connectivity index is 2.45. The Kier molecular flexibility index (Phi) is 3.72. The molecule has 2 aromatic rings. The van der Waals surface area contributed by atoms with Crippen molar-refractivity contribution in [1.82, 2.24) is 9.55 Å². The molecule has 0 aliphatic carbocycles. The molecule has 2 rings (SSSR count). The molecule has 0 radical (unpaired) electrons. The topological polar surface area (TPSA) is 62.3 Å². The van der Waals surface area contributed by atoms with Crippen molar-refractivity contribution in [3.05, 3.63) is 18.2 Å². The van der Waals surface area contributed by atoms with Gasteiger partial charge in [0.25, 0.3) is 0 Å². The van der Waals surface area contributed by atoms with Crippen LogP contribution in [0.5, 0.6) is 5.75 Å². The van der Waals surface area contributed by atoms with Crippen molar-refractivity contribution in [2.24, 2.45) is 0 Å². The molecule has 0 aliphatic heterocycles. The summed E-state index contributed by atoms with van der Waals surface area (Å²) >= 11 is 0. The lowest BCUT2D eigenvalue weighted by atomic mass is 10.3. The molecule has 0 amide bonds. The number of ether oxygens (including phenoxy) is 2. The first-order chi connectivity index (χ1) is 8.63. The molecule has 5 heteroatoms. The first-order valence-corrected chi connectivity index (χ1v) is 6.03. The Morgan fingerprint density at radius 3 is 2.83 bits per heavy atom. The summed E-state index contributed by atoms with van der Waals surface area (Å²) in [6.45, 7) is 5.27. The lowest BCUT2D eigenvalue weighted by Gasteiger charge is -2.10. The van der Waals surface area contributed by atoms with E-state index >= 15 is 0 Å². The minimum atomic E-state index is 0.112. The van der Waals surface area contributed by atoms with Crippen LogP contribution in [0.25, 0.3) is 11.0 Å². The quantitative estimate of drug-likeness (QED) is 0.881. The van der Waals surface area contributed by atoms with E-state index in [1.54, 1.807) is 7.11 Å². The van der Waals surface area contributed by atoms with Crippen LogP contribution in [-0.4, -0.2) is 29.4 Å². The van der Waals surface area contributed by atoms with E-state index in [1.807, 2.05) is 36.6 Å². The minimum absolute atomic E-state index is 0.112. The Hall–Kier alpha value is -1.75. The summed E-state index contributed by atoms with van der Waals surface area (Å²) in [6, 6.07) is 5.85. The lowest BCUT2D eigenvalue weighted by Crippen LogP contribution is -2.07. The highest BCUT2D eigenvalue weighted by Crippen LogP contribution is 2.27. The summed E-state index contributed by atoms with van der Waals surface area (Å²) in [5, 5.41) is 0. The van der Waals surface area contributed by atoms with Crippen LogP contribution in [0.15, 0.2) is 18.2 Å². The number of nitrogens with two attached hydrogens (primary N) is 1. The van der Waals surface area contributed by atoms with Crippen molar-refractivity contribution in [3.8, 4) is 5.75 Å². The second-order valence-corrected chi connectivity index (χ2v) is 4.40. The molecule has 0 atom stereocenters. The van der Waals surface area contributed by atoms with E-state index in [1.165, 1.54) is 0 Å². The maximum atomic E-state index is 5.93. The molecule has 1 aromatic carbocycles. The zero-order valence-corrected chi connectivity index (χ0v) is 11.0. The fourth-order valence-electron chi connectivity index (χ4n) is 1.91. The van der Waals surface area contributed by atoms with Gasteiger partial charge in [-0.3, -0.25) is 0 Å². The van der Waals surface area contributed by atoms with Gasteiger partial charge in [0, 0.05) is 13.7 Å². The van der Waals surface area contributed by atoms with Crippen molar-refractivity contribution in [2.75, 3.05) is 19.5 Å². The number of benzene rings is 1. The second kappa shape index (κ2) is 5.27. The van der Waals surface area contributed by atoms with Gasteiger partial charge in [-0.25, -0.2) is 4.98 Å². The zero-order chi connectivity index (χ0) is 13.1. The van der Waals surface area contributed by atoms with E-state index in [9.17, 15) is 0 Å². The molecule has 18 heavy (non-hydrogen) atoms. The maximum absolute atomic E-state index is 5.93. The highest BCUT2D eigenvalue weighted by molar-refractivity contribution is 5.84. The molecule has 0 unspecified atom stereocenters. The number of rotatable bonds is 5. The molecule has 1 heterocycles. The van der Waals surface area contributed by atoms with Crippen LogP contribution in [0.4, 0.5) is 5.95 Å². The van der Waals surface area contributed by atoms with Gasteiger partial charge >= 0.3 is 0 Å². The Labute approximate surface area is 107 Å². The van der Waals surface area contributed by atoms with Crippen LogP contribution in [-0.2, 0) is 11.3 Å². The number of hydrogen-bond acceptors (Lipinski definition) is 4. The van der Waals surface area contributed by atoms with Gasteiger partial charge in [-0.1, -0.05) is 6.07 Å². The number of nitrogens with zero attached hydrogens (tertiary/aromatic N) is 2. The van der Waals surface area contributed by atoms with Gasteiger partial charge in [0.2, 0.25) is 5.95 Å². The van der Waals surface area contributed by atoms with Crippen molar-refractivity contribution in [1.29, 1.82) is 0 Å². The standard InChI is InChI=1S/C13H19N3O2/c1-9(2)18-11-6-4-5-10-12(11)15-13(14)16(10)7-8-17-3/h4-6,9H,7-8H2,1-3H3,(H2,14,15). The van der Waals surface area contributed by atoms with Gasteiger partial charge < -0.3 is 19.8 Å².